The van der Waals surface area contributed by atoms with E-state index in [9.17, 15) is 0 Å². The molecule has 2 atom stereocenters. The van der Waals surface area contributed by atoms with Crippen LogP contribution in [0.1, 0.15) is 11.8 Å². The molecule has 2 heterocycles. The van der Waals surface area contributed by atoms with Crippen molar-refractivity contribution in [1.82, 2.24) is 0 Å². The molecule has 0 fully saturated rings. The SMILES string of the molecule is NC(c1occc1Br)C1COc2ccccc2O1. The lowest BCUT2D eigenvalue weighted by molar-refractivity contribution is 0.0665. The van der Waals surface area contributed by atoms with Crippen LogP contribution in [0, 0.1) is 0 Å². The van der Waals surface area contributed by atoms with Gasteiger partial charge in [0.2, 0.25) is 0 Å². The second-order valence-electron chi connectivity index (χ2n) is 4.07. The Balaban J connectivity index is 1.82. The molecule has 3 rings (SSSR count). The predicted molar refractivity (Wildman–Crippen MR) is 69.7 cm³/mol. The predicted octanol–water partition coefficient (Wildman–Crippen LogP) is 2.88. The summed E-state index contributed by atoms with van der Waals surface area (Å²) in [5, 5.41) is 0. The third-order valence-corrected chi connectivity index (χ3v) is 3.53. The van der Waals surface area contributed by atoms with E-state index in [2.05, 4.69) is 15.9 Å². The van der Waals surface area contributed by atoms with E-state index >= 15 is 0 Å². The van der Waals surface area contributed by atoms with Gasteiger partial charge in [-0.2, -0.15) is 0 Å². The lowest BCUT2D eigenvalue weighted by Crippen LogP contribution is -2.38. The maximum Gasteiger partial charge on any atom is 0.161 e. The number of nitrogens with two attached hydrogens (primary N) is 1. The average molecular weight is 310 g/mol. The average Bonchev–Trinajstić information content (AvgIpc) is 2.83. The molecular weight excluding hydrogens is 298 g/mol. The van der Waals surface area contributed by atoms with E-state index < -0.39 is 0 Å². The van der Waals surface area contributed by atoms with Crippen LogP contribution in [-0.4, -0.2) is 12.7 Å². The van der Waals surface area contributed by atoms with E-state index in [0.29, 0.717) is 18.1 Å². The van der Waals surface area contributed by atoms with Gasteiger partial charge in [-0.05, 0) is 34.1 Å². The van der Waals surface area contributed by atoms with E-state index in [-0.39, 0.29) is 12.1 Å². The highest BCUT2D eigenvalue weighted by Gasteiger charge is 2.30. The molecule has 1 aliphatic heterocycles. The number of hydrogen-bond donors (Lipinski definition) is 1. The van der Waals surface area contributed by atoms with Crippen LogP contribution < -0.4 is 15.2 Å². The Kier molecular flexibility index (Phi) is 3.01. The molecule has 2 unspecified atom stereocenters. The van der Waals surface area contributed by atoms with Gasteiger partial charge < -0.3 is 19.6 Å². The molecule has 0 spiro atoms. The van der Waals surface area contributed by atoms with Gasteiger partial charge in [0.15, 0.2) is 17.6 Å². The zero-order chi connectivity index (χ0) is 12.5. The highest BCUT2D eigenvalue weighted by atomic mass is 79.9. The number of benzene rings is 1. The molecule has 18 heavy (non-hydrogen) atoms. The smallest absolute Gasteiger partial charge is 0.161 e. The van der Waals surface area contributed by atoms with E-state index in [4.69, 9.17) is 19.6 Å². The Morgan fingerprint density at radius 1 is 1.22 bits per heavy atom. The molecular formula is C13H12BrNO3. The topological polar surface area (TPSA) is 57.6 Å². The molecule has 0 saturated carbocycles. The van der Waals surface area contributed by atoms with E-state index in [1.807, 2.05) is 30.3 Å². The summed E-state index contributed by atoms with van der Waals surface area (Å²) < 4.78 is 17.7. The van der Waals surface area contributed by atoms with Crippen molar-refractivity contribution in [3.8, 4) is 11.5 Å². The Morgan fingerprint density at radius 2 is 2.00 bits per heavy atom. The van der Waals surface area contributed by atoms with Gasteiger partial charge in [0.1, 0.15) is 18.4 Å². The van der Waals surface area contributed by atoms with Crippen molar-refractivity contribution in [3.05, 3.63) is 46.8 Å². The molecule has 0 radical (unpaired) electrons. The van der Waals surface area contributed by atoms with Gasteiger partial charge in [-0.1, -0.05) is 12.1 Å². The number of rotatable bonds is 2. The number of fused-ring (bicyclic) bond motifs is 1. The largest absolute Gasteiger partial charge is 0.486 e. The Morgan fingerprint density at radius 3 is 2.72 bits per heavy atom. The lowest BCUT2D eigenvalue weighted by atomic mass is 10.1. The first-order valence-corrected chi connectivity index (χ1v) is 6.42. The lowest BCUT2D eigenvalue weighted by Gasteiger charge is -2.29. The molecule has 2 N–H and O–H groups in total. The fourth-order valence-electron chi connectivity index (χ4n) is 1.92. The first-order chi connectivity index (χ1) is 8.75. The summed E-state index contributed by atoms with van der Waals surface area (Å²) in [6.45, 7) is 0.408. The quantitative estimate of drug-likeness (QED) is 0.926. The zero-order valence-corrected chi connectivity index (χ0v) is 11.1. The Bertz CT molecular complexity index is 555. The third kappa shape index (κ3) is 2.00. The fraction of sp³-hybridized carbons (Fsp3) is 0.231. The summed E-state index contributed by atoms with van der Waals surface area (Å²) in [7, 11) is 0. The molecule has 2 aromatic rings. The number of hydrogen-bond acceptors (Lipinski definition) is 4. The van der Waals surface area contributed by atoms with Crippen LogP contribution in [0.15, 0.2) is 45.5 Å². The molecule has 94 valence electrons. The van der Waals surface area contributed by atoms with Gasteiger partial charge in [0.25, 0.3) is 0 Å². The van der Waals surface area contributed by atoms with Crippen molar-refractivity contribution in [2.45, 2.75) is 12.1 Å². The standard InChI is InChI=1S/C13H12BrNO3/c14-8-5-6-16-13(8)12(15)11-7-17-9-3-1-2-4-10(9)18-11/h1-6,11-12H,7,15H2. The molecule has 1 aromatic heterocycles. The summed E-state index contributed by atoms with van der Waals surface area (Å²) in [6, 6.07) is 8.99. The number of halogens is 1. The highest BCUT2D eigenvalue weighted by molar-refractivity contribution is 9.10. The summed E-state index contributed by atoms with van der Waals surface area (Å²) in [5.74, 6) is 2.13. The molecule has 0 saturated heterocycles. The van der Waals surface area contributed by atoms with Gasteiger partial charge in [-0.3, -0.25) is 0 Å². The fourth-order valence-corrected chi connectivity index (χ4v) is 2.39. The molecule has 0 bridgehead atoms. The van der Waals surface area contributed by atoms with Crippen LogP contribution in [0.5, 0.6) is 11.5 Å². The highest BCUT2D eigenvalue weighted by Crippen LogP contribution is 2.35. The van der Waals surface area contributed by atoms with Crippen LogP contribution >= 0.6 is 15.9 Å². The zero-order valence-electron chi connectivity index (χ0n) is 9.51. The van der Waals surface area contributed by atoms with Crippen molar-refractivity contribution in [1.29, 1.82) is 0 Å². The minimum absolute atomic E-state index is 0.262. The van der Waals surface area contributed by atoms with Crippen molar-refractivity contribution < 1.29 is 13.9 Å². The normalized spacial score (nSPS) is 19.6. The first kappa shape index (κ1) is 11.6. The van der Waals surface area contributed by atoms with E-state index in [0.717, 1.165) is 10.2 Å². The van der Waals surface area contributed by atoms with Gasteiger partial charge in [0, 0.05) is 0 Å². The molecule has 0 aliphatic carbocycles. The molecule has 1 aromatic carbocycles. The Hall–Kier alpha value is -1.46. The Labute approximate surface area is 113 Å². The molecule has 5 heteroatoms. The third-order valence-electron chi connectivity index (χ3n) is 2.88. The van der Waals surface area contributed by atoms with Crippen molar-refractivity contribution >= 4 is 15.9 Å². The van der Waals surface area contributed by atoms with Gasteiger partial charge in [-0.25, -0.2) is 0 Å². The van der Waals surface area contributed by atoms with E-state index in [1.165, 1.54) is 0 Å². The van der Waals surface area contributed by atoms with Gasteiger partial charge in [0.05, 0.1) is 10.7 Å². The van der Waals surface area contributed by atoms with Crippen LogP contribution in [-0.2, 0) is 0 Å². The molecule has 0 amide bonds. The number of para-hydroxylation sites is 2. The van der Waals surface area contributed by atoms with Crippen molar-refractivity contribution in [3.63, 3.8) is 0 Å². The molecule has 1 aliphatic rings. The maximum atomic E-state index is 6.14. The second kappa shape index (κ2) is 4.66. The van der Waals surface area contributed by atoms with Crippen LogP contribution in [0.4, 0.5) is 0 Å². The van der Waals surface area contributed by atoms with Gasteiger partial charge >= 0.3 is 0 Å². The number of furan rings is 1. The van der Waals surface area contributed by atoms with Crippen molar-refractivity contribution in [2.75, 3.05) is 6.61 Å². The summed E-state index contributed by atoms with van der Waals surface area (Å²) in [6.07, 6.45) is 1.33. The van der Waals surface area contributed by atoms with Crippen molar-refractivity contribution in [2.24, 2.45) is 5.73 Å². The number of ether oxygens (including phenoxy) is 2. The van der Waals surface area contributed by atoms with Crippen LogP contribution in [0.25, 0.3) is 0 Å². The minimum atomic E-state index is -0.372. The van der Waals surface area contributed by atoms with Crippen LogP contribution in [0.3, 0.4) is 0 Å². The summed E-state index contributed by atoms with van der Waals surface area (Å²) in [4.78, 5) is 0. The summed E-state index contributed by atoms with van der Waals surface area (Å²) >= 11 is 3.40. The summed E-state index contributed by atoms with van der Waals surface area (Å²) in [5.41, 5.74) is 6.14. The molecule has 4 nitrogen and oxygen atoms in total. The second-order valence-corrected chi connectivity index (χ2v) is 4.93. The first-order valence-electron chi connectivity index (χ1n) is 5.62. The van der Waals surface area contributed by atoms with Crippen LogP contribution in [0.2, 0.25) is 0 Å². The van der Waals surface area contributed by atoms with Gasteiger partial charge in [-0.15, -0.1) is 0 Å². The monoisotopic (exact) mass is 309 g/mol. The maximum absolute atomic E-state index is 6.14. The minimum Gasteiger partial charge on any atom is -0.486 e. The van der Waals surface area contributed by atoms with E-state index in [1.54, 1.807) is 6.26 Å².